The number of aromatic amines is 1. The molecule has 4 aliphatic rings. The first-order chi connectivity index (χ1) is 32.7. The molecule has 0 aliphatic carbocycles. The summed E-state index contributed by atoms with van der Waals surface area (Å²) in [4.78, 5) is 78.5. The van der Waals surface area contributed by atoms with E-state index in [0.717, 1.165) is 43.9 Å². The standard InChI is InChI=1S/C47H49F6N11O5/c1-25-16-26(4-5-36(25)55-22-28(21-54)41(66)56-23-39-57-45(60-59-39)46(2,3)47(51,52)53)27-17-33(48)32(34(49)18-27)24-61-10-8-29(9-11-61)62-12-14-63(15-13-62)38-20-31-30(19-35(38)50)43(68)64(44(31)69)37-6-7-40(65)58-42(37)67/h4-5,16-22,29,37H,6-15,23-24,54H2,1-3H3,(H,56,66)(H,57,59,60)(H,58,65,67)/b28-21+,55-22?. The molecule has 1 aromatic heterocycles. The predicted molar refractivity (Wildman–Crippen MR) is 239 cm³/mol. The van der Waals surface area contributed by atoms with E-state index < -0.39 is 70.4 Å². The number of likely N-dealkylation sites (tertiary alicyclic amines) is 1. The fourth-order valence-electron chi connectivity index (χ4n) is 8.98. The fourth-order valence-corrected chi connectivity index (χ4v) is 8.98. The summed E-state index contributed by atoms with van der Waals surface area (Å²) in [7, 11) is 0. The zero-order valence-electron chi connectivity index (χ0n) is 37.9. The van der Waals surface area contributed by atoms with E-state index in [1.54, 1.807) is 25.1 Å². The van der Waals surface area contributed by atoms with E-state index in [2.05, 4.69) is 35.7 Å². The summed E-state index contributed by atoms with van der Waals surface area (Å²) in [6.45, 7) is 6.74. The molecule has 0 spiro atoms. The average molecular weight is 962 g/mol. The topological polar surface area (TPSA) is 202 Å². The van der Waals surface area contributed by atoms with Crippen molar-refractivity contribution >= 4 is 47.1 Å². The van der Waals surface area contributed by atoms with Crippen molar-refractivity contribution in [3.8, 4) is 11.1 Å². The zero-order valence-corrected chi connectivity index (χ0v) is 37.9. The highest BCUT2D eigenvalue weighted by molar-refractivity contribution is 6.23. The number of hydrogen-bond donors (Lipinski definition) is 4. The third kappa shape index (κ3) is 9.85. The Bertz CT molecular complexity index is 2750. The van der Waals surface area contributed by atoms with Gasteiger partial charge < -0.3 is 16.0 Å². The first-order valence-electron chi connectivity index (χ1n) is 22.3. The number of nitrogens with zero attached hydrogens (tertiary/aromatic N) is 7. The maximum absolute atomic E-state index is 15.6. The molecule has 3 saturated heterocycles. The van der Waals surface area contributed by atoms with Gasteiger partial charge in [-0.3, -0.25) is 54.1 Å². The molecular weight excluding hydrogens is 913 g/mol. The number of alkyl halides is 3. The van der Waals surface area contributed by atoms with Gasteiger partial charge in [-0.2, -0.15) is 18.3 Å². The Morgan fingerprint density at radius 2 is 1.55 bits per heavy atom. The van der Waals surface area contributed by atoms with Crippen LogP contribution in [0.2, 0.25) is 0 Å². The number of benzene rings is 3. The van der Waals surface area contributed by atoms with Gasteiger partial charge in [0.1, 0.15) is 34.7 Å². The van der Waals surface area contributed by atoms with E-state index in [1.165, 1.54) is 24.4 Å². The molecule has 3 fully saturated rings. The van der Waals surface area contributed by atoms with Crippen molar-refractivity contribution in [2.75, 3.05) is 44.2 Å². The van der Waals surface area contributed by atoms with Crippen LogP contribution in [0.3, 0.4) is 0 Å². The van der Waals surface area contributed by atoms with Crippen molar-refractivity contribution in [2.24, 2.45) is 10.7 Å². The Kier molecular flexibility index (Phi) is 13.5. The number of hydrogen-bond acceptors (Lipinski definition) is 12. The maximum atomic E-state index is 15.6. The van der Waals surface area contributed by atoms with E-state index in [4.69, 9.17) is 5.73 Å². The van der Waals surface area contributed by atoms with Gasteiger partial charge >= 0.3 is 6.18 Å². The zero-order chi connectivity index (χ0) is 49.5. The van der Waals surface area contributed by atoms with Gasteiger partial charge in [0, 0.05) is 63.2 Å². The number of rotatable bonds is 12. The van der Waals surface area contributed by atoms with Crippen LogP contribution in [0.1, 0.15) is 83.0 Å². The first kappa shape index (κ1) is 48.5. The van der Waals surface area contributed by atoms with Crippen LogP contribution in [0.25, 0.3) is 11.1 Å². The molecule has 3 aromatic carbocycles. The van der Waals surface area contributed by atoms with Crippen molar-refractivity contribution in [3.05, 3.63) is 106 Å². The number of carbonyl (C=O) groups excluding carboxylic acids is 5. The third-order valence-corrected chi connectivity index (χ3v) is 13.3. The van der Waals surface area contributed by atoms with Gasteiger partial charge in [0.2, 0.25) is 11.8 Å². The third-order valence-electron chi connectivity index (χ3n) is 13.3. The Balaban J connectivity index is 0.817. The number of aromatic nitrogens is 3. The van der Waals surface area contributed by atoms with Crippen molar-refractivity contribution in [3.63, 3.8) is 0 Å². The molecule has 4 aromatic rings. The molecule has 22 heteroatoms. The summed E-state index contributed by atoms with van der Waals surface area (Å²) in [6, 6.07) is 8.98. The molecule has 8 rings (SSSR count). The van der Waals surface area contributed by atoms with Crippen molar-refractivity contribution in [1.82, 2.24) is 40.5 Å². The number of carbonyl (C=O) groups is 5. The molecule has 1 atom stereocenters. The summed E-state index contributed by atoms with van der Waals surface area (Å²) in [6.07, 6.45) is -0.893. The highest BCUT2D eigenvalue weighted by Gasteiger charge is 2.51. The lowest BCUT2D eigenvalue weighted by Gasteiger charge is -2.43. The monoisotopic (exact) mass is 961 g/mol. The van der Waals surface area contributed by atoms with Crippen molar-refractivity contribution in [2.45, 2.75) is 83.2 Å². The molecule has 364 valence electrons. The number of anilines is 1. The molecule has 5 heterocycles. The molecular formula is C47H49F6N11O5. The first-order valence-corrected chi connectivity index (χ1v) is 22.3. The highest BCUT2D eigenvalue weighted by atomic mass is 19.4. The second kappa shape index (κ2) is 19.2. The number of piperidine rings is 2. The number of fused-ring (bicyclic) bond motifs is 1. The van der Waals surface area contributed by atoms with Crippen molar-refractivity contribution in [1.29, 1.82) is 0 Å². The smallest absolute Gasteiger partial charge is 0.401 e. The SMILES string of the molecule is Cc1cc(-c2cc(F)c(CN3CCC(N4CCN(c5cc6c(cc5F)C(=O)N(C5CCC(=O)NC5=O)C6=O)CC4)CC3)c(F)c2)ccc1N=C/C(=C\N)C(=O)NCc1nc(C(C)(C)C(F)(F)F)n[nH]1. The lowest BCUT2D eigenvalue weighted by atomic mass is 9.92. The van der Waals surface area contributed by atoms with Crippen LogP contribution in [0.5, 0.6) is 0 Å². The lowest BCUT2D eigenvalue weighted by molar-refractivity contribution is -0.182. The van der Waals surface area contributed by atoms with Gasteiger partial charge in [-0.25, -0.2) is 18.2 Å². The maximum Gasteiger partial charge on any atom is 0.401 e. The summed E-state index contributed by atoms with van der Waals surface area (Å²) >= 11 is 0. The lowest BCUT2D eigenvalue weighted by Crippen LogP contribution is -2.54. The molecule has 0 bridgehead atoms. The van der Waals surface area contributed by atoms with Crippen molar-refractivity contribution < 1.29 is 50.3 Å². The van der Waals surface area contributed by atoms with Gasteiger partial charge in [-0.1, -0.05) is 6.07 Å². The van der Waals surface area contributed by atoms with Crippen LogP contribution in [0.4, 0.5) is 37.7 Å². The minimum atomic E-state index is -4.59. The molecule has 0 radical (unpaired) electrons. The number of H-pyrrole nitrogens is 1. The number of piperazine rings is 1. The van der Waals surface area contributed by atoms with Crippen LogP contribution < -0.4 is 21.3 Å². The Morgan fingerprint density at radius 1 is 0.884 bits per heavy atom. The number of halogens is 6. The molecule has 0 saturated carbocycles. The molecule has 5 amide bonds. The Labute approximate surface area is 392 Å². The van der Waals surface area contributed by atoms with Gasteiger partial charge in [-0.15, -0.1) is 0 Å². The number of aryl methyl sites for hydroxylation is 1. The average Bonchev–Trinajstić information content (AvgIpc) is 3.89. The number of imide groups is 2. The number of amides is 5. The quantitative estimate of drug-likeness (QED) is 0.0638. The van der Waals surface area contributed by atoms with Gasteiger partial charge in [-0.05, 0) is 106 Å². The van der Waals surface area contributed by atoms with Crippen LogP contribution in [-0.4, -0.2) is 123 Å². The highest BCUT2D eigenvalue weighted by Crippen LogP contribution is 2.39. The molecule has 5 N–H and O–H groups in total. The van der Waals surface area contributed by atoms with E-state index in [9.17, 15) is 37.1 Å². The summed E-state index contributed by atoms with van der Waals surface area (Å²) in [5.41, 5.74) is 5.24. The van der Waals surface area contributed by atoms with Gasteiger partial charge in [0.15, 0.2) is 5.82 Å². The molecule has 1 unspecified atom stereocenters. The van der Waals surface area contributed by atoms with Crippen LogP contribution in [-0.2, 0) is 32.9 Å². The predicted octanol–water partition coefficient (Wildman–Crippen LogP) is 5.09. The van der Waals surface area contributed by atoms with E-state index in [0.29, 0.717) is 61.6 Å². The fraction of sp³-hybridized carbons (Fsp3) is 0.404. The molecule has 69 heavy (non-hydrogen) atoms. The van der Waals surface area contributed by atoms with E-state index >= 15 is 13.2 Å². The normalized spacial score (nSPS) is 19.2. The molecule has 16 nitrogen and oxygen atoms in total. The second-order valence-corrected chi connectivity index (χ2v) is 18.0. The second-order valence-electron chi connectivity index (χ2n) is 18.0. The van der Waals surface area contributed by atoms with E-state index in [-0.39, 0.29) is 65.7 Å². The minimum absolute atomic E-state index is 0.00319. The number of nitrogens with two attached hydrogens (primary N) is 1. The largest absolute Gasteiger partial charge is 0.404 e. The summed E-state index contributed by atoms with van der Waals surface area (Å²) in [5.74, 6) is -5.89. The van der Waals surface area contributed by atoms with Crippen LogP contribution in [0.15, 0.2) is 59.2 Å². The van der Waals surface area contributed by atoms with Gasteiger partial charge in [0.25, 0.3) is 17.7 Å². The Hall–Kier alpha value is -6.94. The number of aliphatic imine (C=N–C) groups is 1. The minimum Gasteiger partial charge on any atom is -0.404 e. The Morgan fingerprint density at radius 3 is 2.17 bits per heavy atom. The van der Waals surface area contributed by atoms with Crippen LogP contribution >= 0.6 is 0 Å². The van der Waals surface area contributed by atoms with Crippen LogP contribution in [0, 0.1) is 24.4 Å². The summed E-state index contributed by atoms with van der Waals surface area (Å²) in [5, 5.41) is 10.7. The number of nitrogens with one attached hydrogen (secondary N) is 3. The molecule has 4 aliphatic heterocycles. The van der Waals surface area contributed by atoms with E-state index in [1.807, 2.05) is 9.80 Å². The van der Waals surface area contributed by atoms with Gasteiger partial charge in [0.05, 0.1) is 34.6 Å². The summed E-state index contributed by atoms with van der Waals surface area (Å²) < 4.78 is 86.9.